The van der Waals surface area contributed by atoms with Crippen LogP contribution in [-0.4, -0.2) is 52.5 Å². The molecule has 3 aromatic rings. The molecule has 1 aromatic carbocycles. The van der Waals surface area contributed by atoms with E-state index in [1.807, 2.05) is 85.1 Å². The van der Waals surface area contributed by atoms with Crippen molar-refractivity contribution in [3.63, 3.8) is 0 Å². The number of carbonyl (C=O) groups excluding carboxylic acids is 1. The number of aromatic nitrogens is 3. The third-order valence-corrected chi connectivity index (χ3v) is 5.61. The van der Waals surface area contributed by atoms with Crippen LogP contribution in [0.2, 0.25) is 0 Å². The molecule has 0 radical (unpaired) electrons. The number of anilines is 1. The van der Waals surface area contributed by atoms with Gasteiger partial charge in [0.15, 0.2) is 0 Å². The van der Waals surface area contributed by atoms with Crippen molar-refractivity contribution in [3.8, 4) is 0 Å². The standard InChI is InChI=1S/C23H27N5O/c1-26(2)21-6-4-3-5-20(21)23(29)27-14-9-19(10-15-27)22-25-13-16-28(22)17-18-7-11-24-12-8-18/h3-8,11-13,16,19H,9-10,14-15,17H2,1-2H3. The van der Waals surface area contributed by atoms with Crippen LogP contribution < -0.4 is 4.90 Å². The quantitative estimate of drug-likeness (QED) is 0.671. The van der Waals surface area contributed by atoms with Gasteiger partial charge in [-0.15, -0.1) is 0 Å². The molecule has 3 heterocycles. The number of benzene rings is 1. The molecule has 0 N–H and O–H groups in total. The molecule has 1 amide bonds. The predicted octanol–water partition coefficient (Wildman–Crippen LogP) is 3.41. The van der Waals surface area contributed by atoms with Crippen LogP contribution in [0.5, 0.6) is 0 Å². The van der Waals surface area contributed by atoms with Gasteiger partial charge < -0.3 is 14.4 Å². The topological polar surface area (TPSA) is 54.3 Å². The van der Waals surface area contributed by atoms with Crippen LogP contribution in [-0.2, 0) is 6.54 Å². The fraction of sp³-hybridized carbons (Fsp3) is 0.348. The van der Waals surface area contributed by atoms with Crippen LogP contribution in [0.4, 0.5) is 5.69 Å². The van der Waals surface area contributed by atoms with E-state index in [1.54, 1.807) is 0 Å². The van der Waals surface area contributed by atoms with E-state index < -0.39 is 0 Å². The van der Waals surface area contributed by atoms with Crippen molar-refractivity contribution >= 4 is 11.6 Å². The SMILES string of the molecule is CN(C)c1ccccc1C(=O)N1CCC(c2nccn2Cc2ccncc2)CC1. The van der Waals surface area contributed by atoms with Crippen LogP contribution in [0.25, 0.3) is 0 Å². The lowest BCUT2D eigenvalue weighted by Gasteiger charge is -2.33. The molecule has 29 heavy (non-hydrogen) atoms. The van der Waals surface area contributed by atoms with Gasteiger partial charge in [0.1, 0.15) is 5.82 Å². The number of hydrogen-bond acceptors (Lipinski definition) is 4. The van der Waals surface area contributed by atoms with Crippen molar-refractivity contribution in [2.75, 3.05) is 32.1 Å². The van der Waals surface area contributed by atoms with E-state index in [9.17, 15) is 4.79 Å². The summed E-state index contributed by atoms with van der Waals surface area (Å²) in [5, 5.41) is 0. The van der Waals surface area contributed by atoms with Gasteiger partial charge in [0.2, 0.25) is 0 Å². The Morgan fingerprint density at radius 1 is 1.07 bits per heavy atom. The highest BCUT2D eigenvalue weighted by Crippen LogP contribution is 2.29. The highest BCUT2D eigenvalue weighted by Gasteiger charge is 2.28. The zero-order valence-electron chi connectivity index (χ0n) is 17.0. The molecule has 0 atom stereocenters. The summed E-state index contributed by atoms with van der Waals surface area (Å²) in [6.07, 6.45) is 9.43. The lowest BCUT2D eigenvalue weighted by atomic mass is 9.95. The molecule has 1 aliphatic heterocycles. The number of imidazole rings is 1. The molecule has 6 heteroatoms. The highest BCUT2D eigenvalue weighted by atomic mass is 16.2. The Balaban J connectivity index is 1.43. The molecule has 2 aromatic heterocycles. The monoisotopic (exact) mass is 389 g/mol. The van der Waals surface area contributed by atoms with Gasteiger partial charge in [0.25, 0.3) is 5.91 Å². The molecule has 1 aliphatic rings. The lowest BCUT2D eigenvalue weighted by molar-refractivity contribution is 0.0711. The van der Waals surface area contributed by atoms with Crippen LogP contribution in [0.3, 0.4) is 0 Å². The largest absolute Gasteiger partial charge is 0.377 e. The van der Waals surface area contributed by atoms with Crippen molar-refractivity contribution < 1.29 is 4.79 Å². The lowest BCUT2D eigenvalue weighted by Crippen LogP contribution is -2.39. The number of rotatable bonds is 5. The second kappa shape index (κ2) is 8.47. The third-order valence-electron chi connectivity index (χ3n) is 5.61. The molecular weight excluding hydrogens is 362 g/mol. The summed E-state index contributed by atoms with van der Waals surface area (Å²) >= 11 is 0. The number of para-hydroxylation sites is 1. The summed E-state index contributed by atoms with van der Waals surface area (Å²) in [6.45, 7) is 2.31. The number of piperidine rings is 1. The summed E-state index contributed by atoms with van der Waals surface area (Å²) in [5.41, 5.74) is 2.95. The van der Waals surface area contributed by atoms with E-state index in [0.717, 1.165) is 49.6 Å². The second-order valence-corrected chi connectivity index (χ2v) is 7.75. The fourth-order valence-electron chi connectivity index (χ4n) is 4.05. The molecule has 0 unspecified atom stereocenters. The fourth-order valence-corrected chi connectivity index (χ4v) is 4.05. The molecular formula is C23H27N5O. The van der Waals surface area contributed by atoms with Gasteiger partial charge in [-0.3, -0.25) is 9.78 Å². The minimum Gasteiger partial charge on any atom is -0.377 e. The van der Waals surface area contributed by atoms with E-state index in [2.05, 4.69) is 14.5 Å². The normalized spacial score (nSPS) is 14.8. The van der Waals surface area contributed by atoms with Crippen LogP contribution in [0.1, 0.15) is 40.5 Å². The average molecular weight is 390 g/mol. The summed E-state index contributed by atoms with van der Waals surface area (Å²) in [4.78, 5) is 25.8. The minimum atomic E-state index is 0.118. The van der Waals surface area contributed by atoms with Crippen molar-refractivity contribution in [2.45, 2.75) is 25.3 Å². The Kier molecular flexibility index (Phi) is 5.60. The maximum absolute atomic E-state index is 13.1. The van der Waals surface area contributed by atoms with Crippen LogP contribution in [0.15, 0.2) is 61.2 Å². The first-order chi connectivity index (χ1) is 14.1. The Bertz CT molecular complexity index is 958. The molecule has 1 fully saturated rings. The van der Waals surface area contributed by atoms with Crippen LogP contribution >= 0.6 is 0 Å². The molecule has 6 nitrogen and oxygen atoms in total. The number of hydrogen-bond donors (Lipinski definition) is 0. The number of likely N-dealkylation sites (tertiary alicyclic amines) is 1. The van der Waals surface area contributed by atoms with Gasteiger partial charge in [0, 0.05) is 70.1 Å². The number of carbonyl (C=O) groups is 1. The first-order valence-corrected chi connectivity index (χ1v) is 10.1. The Labute approximate surface area is 171 Å². The number of amides is 1. The molecule has 4 rings (SSSR count). The molecule has 0 spiro atoms. The van der Waals surface area contributed by atoms with Gasteiger partial charge in [-0.1, -0.05) is 12.1 Å². The van der Waals surface area contributed by atoms with E-state index in [1.165, 1.54) is 5.56 Å². The first-order valence-electron chi connectivity index (χ1n) is 10.1. The van der Waals surface area contributed by atoms with Crippen molar-refractivity contribution in [1.29, 1.82) is 0 Å². The second-order valence-electron chi connectivity index (χ2n) is 7.75. The number of nitrogens with zero attached hydrogens (tertiary/aromatic N) is 5. The zero-order chi connectivity index (χ0) is 20.2. The van der Waals surface area contributed by atoms with Crippen molar-refractivity contribution in [3.05, 3.63) is 78.1 Å². The Hall–Kier alpha value is -3.15. The Morgan fingerprint density at radius 2 is 1.79 bits per heavy atom. The van der Waals surface area contributed by atoms with Crippen molar-refractivity contribution in [1.82, 2.24) is 19.4 Å². The maximum Gasteiger partial charge on any atom is 0.255 e. The van der Waals surface area contributed by atoms with Crippen molar-refractivity contribution in [2.24, 2.45) is 0 Å². The average Bonchev–Trinajstić information content (AvgIpc) is 3.22. The minimum absolute atomic E-state index is 0.118. The van der Waals surface area contributed by atoms with Gasteiger partial charge >= 0.3 is 0 Å². The van der Waals surface area contributed by atoms with E-state index in [0.29, 0.717) is 5.92 Å². The van der Waals surface area contributed by atoms with E-state index in [-0.39, 0.29) is 5.91 Å². The summed E-state index contributed by atoms with van der Waals surface area (Å²) < 4.78 is 2.22. The smallest absolute Gasteiger partial charge is 0.255 e. The third kappa shape index (κ3) is 4.16. The molecule has 0 saturated carbocycles. The van der Waals surface area contributed by atoms with Gasteiger partial charge in [-0.05, 0) is 42.7 Å². The maximum atomic E-state index is 13.1. The molecule has 0 bridgehead atoms. The van der Waals surface area contributed by atoms with Gasteiger partial charge in [-0.25, -0.2) is 4.98 Å². The summed E-state index contributed by atoms with van der Waals surface area (Å²) in [5.74, 6) is 1.61. The predicted molar refractivity (Wildman–Crippen MR) is 114 cm³/mol. The molecule has 150 valence electrons. The van der Waals surface area contributed by atoms with E-state index in [4.69, 9.17) is 0 Å². The first kappa shape index (κ1) is 19.2. The zero-order valence-corrected chi connectivity index (χ0v) is 17.0. The molecule has 1 saturated heterocycles. The van der Waals surface area contributed by atoms with Gasteiger partial charge in [0.05, 0.1) is 5.56 Å². The number of pyridine rings is 1. The summed E-state index contributed by atoms with van der Waals surface area (Å²) in [7, 11) is 3.95. The Morgan fingerprint density at radius 3 is 2.52 bits per heavy atom. The highest BCUT2D eigenvalue weighted by molar-refractivity contribution is 5.99. The van der Waals surface area contributed by atoms with E-state index >= 15 is 0 Å². The van der Waals surface area contributed by atoms with Gasteiger partial charge in [-0.2, -0.15) is 0 Å². The van der Waals surface area contributed by atoms with Crippen LogP contribution in [0, 0.1) is 0 Å². The molecule has 0 aliphatic carbocycles. The summed E-state index contributed by atoms with van der Waals surface area (Å²) in [6, 6.07) is 11.9.